The number of fused-ring (bicyclic) bond motifs is 1. The van der Waals surface area contributed by atoms with Crippen molar-refractivity contribution in [2.24, 2.45) is 0 Å². The predicted molar refractivity (Wildman–Crippen MR) is 129 cm³/mol. The summed E-state index contributed by atoms with van der Waals surface area (Å²) in [4.78, 5) is 18.1. The van der Waals surface area contributed by atoms with Gasteiger partial charge in [0, 0.05) is 40.5 Å². The van der Waals surface area contributed by atoms with Crippen molar-refractivity contribution in [3.05, 3.63) is 77.0 Å². The first-order valence-electron chi connectivity index (χ1n) is 11.4. The van der Waals surface area contributed by atoms with E-state index >= 15 is 0 Å². The largest absolute Gasteiger partial charge is 0.586 e. The van der Waals surface area contributed by atoms with Gasteiger partial charge in [0.05, 0.1) is 11.1 Å². The van der Waals surface area contributed by atoms with Gasteiger partial charge in [-0.2, -0.15) is 0 Å². The molecule has 0 N–H and O–H groups in total. The Morgan fingerprint density at radius 1 is 1.03 bits per heavy atom. The third-order valence-electron chi connectivity index (χ3n) is 6.64. The highest BCUT2D eigenvalue weighted by Gasteiger charge is 2.52. The monoisotopic (exact) mass is 497 g/mol. The summed E-state index contributed by atoms with van der Waals surface area (Å²) in [7, 11) is -0.831. The average molecular weight is 498 g/mol. The van der Waals surface area contributed by atoms with E-state index in [0.717, 1.165) is 28.8 Å². The number of nitrogens with zero attached hydrogens (tertiary/aromatic N) is 1. The highest BCUT2D eigenvalue weighted by atomic mass is 32.2. The van der Waals surface area contributed by atoms with Crippen molar-refractivity contribution in [3.8, 4) is 22.8 Å². The SMILES string of the molecule is Cc1ccc(CC(=O)C2(c3ccc4c(c3)OC(F)(F)O4)CC2)nc1-c1ccc(CCS(C)=O)cc1. The molecular weight excluding hydrogens is 472 g/mol. The lowest BCUT2D eigenvalue weighted by Crippen LogP contribution is -2.26. The number of ketones is 1. The van der Waals surface area contributed by atoms with Gasteiger partial charge >= 0.3 is 6.29 Å². The van der Waals surface area contributed by atoms with Crippen LogP contribution >= 0.6 is 0 Å². The molecule has 182 valence electrons. The summed E-state index contributed by atoms with van der Waals surface area (Å²) < 4.78 is 47.2. The summed E-state index contributed by atoms with van der Waals surface area (Å²) in [5, 5.41) is 0. The van der Waals surface area contributed by atoms with Crippen LogP contribution in [-0.2, 0) is 33.9 Å². The second-order valence-corrected chi connectivity index (χ2v) is 10.8. The third-order valence-corrected chi connectivity index (χ3v) is 7.42. The third kappa shape index (κ3) is 4.85. The maximum Gasteiger partial charge on any atom is 0.586 e. The number of carbonyl (C=O) groups is 1. The maximum atomic E-state index is 13.4. The Bertz CT molecular complexity index is 1320. The van der Waals surface area contributed by atoms with Crippen LogP contribution in [0.2, 0.25) is 0 Å². The predicted octanol–water partition coefficient (Wildman–Crippen LogP) is 5.14. The van der Waals surface area contributed by atoms with Gasteiger partial charge in [-0.15, -0.1) is 8.78 Å². The van der Waals surface area contributed by atoms with Crippen LogP contribution in [0, 0.1) is 6.92 Å². The Balaban J connectivity index is 1.34. The molecule has 5 nitrogen and oxygen atoms in total. The van der Waals surface area contributed by atoms with Crippen LogP contribution in [0.1, 0.15) is 35.2 Å². The van der Waals surface area contributed by atoms with E-state index < -0.39 is 22.5 Å². The fourth-order valence-corrected chi connectivity index (χ4v) is 5.01. The molecule has 0 bridgehead atoms. The molecule has 35 heavy (non-hydrogen) atoms. The minimum atomic E-state index is -3.68. The van der Waals surface area contributed by atoms with Gasteiger partial charge in [0.25, 0.3) is 0 Å². The van der Waals surface area contributed by atoms with Gasteiger partial charge in [-0.05, 0) is 61.1 Å². The number of ether oxygens (including phenoxy) is 2. The fourth-order valence-electron chi connectivity index (χ4n) is 4.48. The first kappa shape index (κ1) is 23.6. The molecule has 2 heterocycles. The van der Waals surface area contributed by atoms with Crippen molar-refractivity contribution in [2.45, 2.75) is 44.3 Å². The van der Waals surface area contributed by atoms with Crippen molar-refractivity contribution in [2.75, 3.05) is 12.0 Å². The fraction of sp³-hybridized carbons (Fsp3) is 0.333. The molecule has 0 amide bonds. The molecule has 2 aliphatic rings. The molecule has 3 aromatic rings. The van der Waals surface area contributed by atoms with Gasteiger partial charge in [0.1, 0.15) is 5.78 Å². The molecule has 1 saturated carbocycles. The Kier molecular flexibility index (Phi) is 5.95. The average Bonchev–Trinajstić information content (AvgIpc) is 3.56. The van der Waals surface area contributed by atoms with Crippen LogP contribution in [0.25, 0.3) is 11.3 Å². The van der Waals surface area contributed by atoms with Gasteiger partial charge in [-0.3, -0.25) is 14.0 Å². The van der Waals surface area contributed by atoms with Crippen LogP contribution in [0.5, 0.6) is 11.5 Å². The summed E-state index contributed by atoms with van der Waals surface area (Å²) in [6.45, 7) is 1.98. The lowest BCUT2D eigenvalue weighted by Gasteiger charge is -2.16. The normalized spacial score (nSPS) is 17.7. The number of halogens is 2. The molecule has 5 rings (SSSR count). The lowest BCUT2D eigenvalue weighted by atomic mass is 9.88. The van der Waals surface area contributed by atoms with Gasteiger partial charge in [0.2, 0.25) is 0 Å². The topological polar surface area (TPSA) is 65.5 Å². The number of aromatic nitrogens is 1. The van der Waals surface area contributed by atoms with Crippen molar-refractivity contribution < 1.29 is 27.3 Å². The summed E-state index contributed by atoms with van der Waals surface area (Å²) in [6.07, 6.45) is 0.236. The van der Waals surface area contributed by atoms with Crippen LogP contribution in [-0.4, -0.2) is 33.3 Å². The van der Waals surface area contributed by atoms with E-state index in [-0.39, 0.29) is 23.7 Å². The van der Waals surface area contributed by atoms with Crippen LogP contribution < -0.4 is 9.47 Å². The van der Waals surface area contributed by atoms with Crippen LogP contribution in [0.15, 0.2) is 54.6 Å². The van der Waals surface area contributed by atoms with E-state index in [1.807, 2.05) is 43.3 Å². The molecular formula is C27H25F2NO4S. The highest BCUT2D eigenvalue weighted by molar-refractivity contribution is 7.84. The molecule has 1 fully saturated rings. The first-order chi connectivity index (χ1) is 16.6. The van der Waals surface area contributed by atoms with Gasteiger partial charge in [-0.25, -0.2) is 0 Å². The van der Waals surface area contributed by atoms with Crippen molar-refractivity contribution in [3.63, 3.8) is 0 Å². The van der Waals surface area contributed by atoms with Gasteiger partial charge in [0.15, 0.2) is 11.5 Å². The van der Waals surface area contributed by atoms with E-state index in [4.69, 9.17) is 4.98 Å². The molecule has 1 aliphatic heterocycles. The molecule has 0 radical (unpaired) electrons. The number of pyridine rings is 1. The second kappa shape index (κ2) is 8.82. The lowest BCUT2D eigenvalue weighted by molar-refractivity contribution is -0.286. The van der Waals surface area contributed by atoms with E-state index in [1.165, 1.54) is 12.1 Å². The molecule has 0 spiro atoms. The van der Waals surface area contributed by atoms with Crippen molar-refractivity contribution in [1.82, 2.24) is 4.98 Å². The Labute approximate surface area is 204 Å². The van der Waals surface area contributed by atoms with Crippen LogP contribution in [0.4, 0.5) is 8.78 Å². The van der Waals surface area contributed by atoms with E-state index in [2.05, 4.69) is 9.47 Å². The maximum absolute atomic E-state index is 13.4. The van der Waals surface area contributed by atoms with Crippen molar-refractivity contribution in [1.29, 1.82) is 0 Å². The molecule has 1 aliphatic carbocycles. The summed E-state index contributed by atoms with van der Waals surface area (Å²) in [5.74, 6) is 0.562. The summed E-state index contributed by atoms with van der Waals surface area (Å²) in [5.41, 5.74) is 4.51. The van der Waals surface area contributed by atoms with E-state index in [9.17, 15) is 17.8 Å². The minimum absolute atomic E-state index is 0.00772. The molecule has 0 saturated heterocycles. The van der Waals surface area contributed by atoms with Crippen LogP contribution in [0.3, 0.4) is 0 Å². The number of benzene rings is 2. The second-order valence-electron chi connectivity index (χ2n) is 9.20. The van der Waals surface area contributed by atoms with E-state index in [1.54, 1.807) is 12.3 Å². The zero-order chi connectivity index (χ0) is 24.8. The van der Waals surface area contributed by atoms with Crippen molar-refractivity contribution >= 4 is 16.6 Å². The highest BCUT2D eigenvalue weighted by Crippen LogP contribution is 2.52. The number of rotatable bonds is 8. The quantitative estimate of drug-likeness (QED) is 0.431. The number of aryl methyl sites for hydroxylation is 2. The number of alkyl halides is 2. The molecule has 1 atom stereocenters. The summed E-state index contributed by atoms with van der Waals surface area (Å²) in [6, 6.07) is 16.4. The van der Waals surface area contributed by atoms with Gasteiger partial charge < -0.3 is 9.47 Å². The number of carbonyl (C=O) groups excluding carboxylic acids is 1. The van der Waals surface area contributed by atoms with E-state index in [0.29, 0.717) is 29.9 Å². The number of Topliss-reactive ketones (excluding diaryl/α,β-unsaturated/α-hetero) is 1. The smallest absolute Gasteiger partial charge is 0.395 e. The summed E-state index contributed by atoms with van der Waals surface area (Å²) >= 11 is 0. The number of hydrogen-bond donors (Lipinski definition) is 0. The zero-order valence-corrected chi connectivity index (χ0v) is 20.3. The number of hydrogen-bond acceptors (Lipinski definition) is 5. The Morgan fingerprint density at radius 3 is 2.43 bits per heavy atom. The molecule has 2 aromatic carbocycles. The Hall–Kier alpha value is -3.13. The Morgan fingerprint density at radius 2 is 1.74 bits per heavy atom. The molecule has 8 heteroatoms. The molecule has 1 aromatic heterocycles. The minimum Gasteiger partial charge on any atom is -0.395 e. The standard InChI is InChI=1S/C27H25F2NO4S/c1-17-3-9-21(30-25(17)19-6-4-18(5-7-19)11-14-35(2)32)16-24(31)26(12-13-26)20-8-10-22-23(15-20)34-27(28,29)33-22/h3-10,15H,11-14,16H2,1-2H3. The molecule has 1 unspecified atom stereocenters. The first-order valence-corrected chi connectivity index (χ1v) is 13.2. The zero-order valence-electron chi connectivity index (χ0n) is 19.5. The van der Waals surface area contributed by atoms with Gasteiger partial charge in [-0.1, -0.05) is 36.4 Å².